The smallest absolute Gasteiger partial charge is 0.254 e. The van der Waals surface area contributed by atoms with Crippen molar-refractivity contribution in [3.63, 3.8) is 0 Å². The van der Waals surface area contributed by atoms with Crippen molar-refractivity contribution in [3.05, 3.63) is 28.5 Å². The van der Waals surface area contributed by atoms with Crippen LogP contribution in [0.25, 0.3) is 0 Å². The standard InChI is InChI=1S/C10H13BrN2OS/c1-15-7-3-6-13-10(14)8-4-2-5-12-9(8)11/h2,4-5H,3,6-7H2,1H3,(H,13,14). The molecule has 1 N–H and O–H groups in total. The van der Waals surface area contributed by atoms with Crippen LogP contribution in [0.4, 0.5) is 0 Å². The number of thioether (sulfide) groups is 1. The van der Waals surface area contributed by atoms with Crippen LogP contribution in [0.3, 0.4) is 0 Å². The molecule has 1 rings (SSSR count). The molecular formula is C10H13BrN2OS. The molecular weight excluding hydrogens is 276 g/mol. The molecule has 0 bridgehead atoms. The molecule has 82 valence electrons. The Morgan fingerprint density at radius 2 is 2.47 bits per heavy atom. The summed E-state index contributed by atoms with van der Waals surface area (Å²) in [6.45, 7) is 0.709. The van der Waals surface area contributed by atoms with E-state index >= 15 is 0 Å². The molecule has 1 aromatic rings. The number of nitrogens with one attached hydrogen (secondary N) is 1. The molecule has 0 atom stereocenters. The van der Waals surface area contributed by atoms with Gasteiger partial charge in [0.05, 0.1) is 5.56 Å². The zero-order valence-electron chi connectivity index (χ0n) is 8.50. The van der Waals surface area contributed by atoms with Gasteiger partial charge >= 0.3 is 0 Å². The number of halogens is 1. The Morgan fingerprint density at radius 3 is 3.13 bits per heavy atom. The van der Waals surface area contributed by atoms with Crippen LogP contribution in [0.15, 0.2) is 22.9 Å². The normalized spacial score (nSPS) is 10.0. The fourth-order valence-corrected chi connectivity index (χ4v) is 1.93. The molecule has 1 heterocycles. The summed E-state index contributed by atoms with van der Waals surface area (Å²) in [7, 11) is 0. The van der Waals surface area contributed by atoms with Gasteiger partial charge in [0.25, 0.3) is 5.91 Å². The van der Waals surface area contributed by atoms with Crippen molar-refractivity contribution in [2.75, 3.05) is 18.6 Å². The van der Waals surface area contributed by atoms with Gasteiger partial charge in [-0.2, -0.15) is 11.8 Å². The van der Waals surface area contributed by atoms with Crippen LogP contribution in [0.1, 0.15) is 16.8 Å². The average molecular weight is 289 g/mol. The highest BCUT2D eigenvalue weighted by molar-refractivity contribution is 9.10. The monoisotopic (exact) mass is 288 g/mol. The van der Waals surface area contributed by atoms with Crippen LogP contribution in [-0.4, -0.2) is 29.4 Å². The van der Waals surface area contributed by atoms with Crippen LogP contribution in [-0.2, 0) is 0 Å². The van der Waals surface area contributed by atoms with E-state index in [0.29, 0.717) is 16.7 Å². The highest BCUT2D eigenvalue weighted by Crippen LogP contribution is 2.11. The minimum Gasteiger partial charge on any atom is -0.352 e. The van der Waals surface area contributed by atoms with Gasteiger partial charge in [-0.15, -0.1) is 0 Å². The molecule has 15 heavy (non-hydrogen) atoms. The lowest BCUT2D eigenvalue weighted by Crippen LogP contribution is -2.25. The lowest BCUT2D eigenvalue weighted by atomic mass is 10.2. The lowest BCUT2D eigenvalue weighted by Gasteiger charge is -2.05. The third-order valence-electron chi connectivity index (χ3n) is 1.81. The van der Waals surface area contributed by atoms with Crippen molar-refractivity contribution in [1.82, 2.24) is 10.3 Å². The molecule has 1 amide bonds. The van der Waals surface area contributed by atoms with E-state index in [2.05, 4.69) is 32.5 Å². The number of pyridine rings is 1. The Kier molecular flexibility index (Phi) is 5.71. The number of hydrogen-bond donors (Lipinski definition) is 1. The highest BCUT2D eigenvalue weighted by atomic mass is 79.9. The molecule has 0 fully saturated rings. The van der Waals surface area contributed by atoms with Crippen LogP contribution in [0.2, 0.25) is 0 Å². The van der Waals surface area contributed by atoms with E-state index in [1.807, 2.05) is 0 Å². The maximum Gasteiger partial charge on any atom is 0.254 e. The predicted octanol–water partition coefficient (Wildman–Crippen LogP) is 2.33. The van der Waals surface area contributed by atoms with Crippen LogP contribution in [0, 0.1) is 0 Å². The zero-order chi connectivity index (χ0) is 11.1. The Labute approximate surface area is 102 Å². The highest BCUT2D eigenvalue weighted by Gasteiger charge is 2.08. The Morgan fingerprint density at radius 1 is 1.67 bits per heavy atom. The Hall–Kier alpha value is -0.550. The molecule has 0 saturated heterocycles. The van der Waals surface area contributed by atoms with Crippen LogP contribution in [0.5, 0.6) is 0 Å². The predicted molar refractivity (Wildman–Crippen MR) is 67.3 cm³/mol. The number of amides is 1. The second-order valence-electron chi connectivity index (χ2n) is 2.94. The average Bonchev–Trinajstić information content (AvgIpc) is 2.25. The SMILES string of the molecule is CSCCCNC(=O)c1cccnc1Br. The molecule has 0 aliphatic heterocycles. The summed E-state index contributed by atoms with van der Waals surface area (Å²) in [5.41, 5.74) is 0.585. The largest absolute Gasteiger partial charge is 0.352 e. The summed E-state index contributed by atoms with van der Waals surface area (Å²) in [6, 6.07) is 3.50. The minimum atomic E-state index is -0.0731. The van der Waals surface area contributed by atoms with Gasteiger partial charge in [0.15, 0.2) is 0 Å². The molecule has 0 aliphatic carbocycles. The van der Waals surface area contributed by atoms with Gasteiger partial charge in [-0.1, -0.05) is 0 Å². The number of rotatable bonds is 5. The summed E-state index contributed by atoms with van der Waals surface area (Å²) >= 11 is 5.02. The minimum absolute atomic E-state index is 0.0731. The molecule has 0 radical (unpaired) electrons. The Balaban J connectivity index is 2.44. The summed E-state index contributed by atoms with van der Waals surface area (Å²) in [4.78, 5) is 15.6. The third kappa shape index (κ3) is 4.22. The third-order valence-corrected chi connectivity index (χ3v) is 3.14. The first-order chi connectivity index (χ1) is 7.25. The van der Waals surface area contributed by atoms with Gasteiger partial charge in [-0.25, -0.2) is 4.98 Å². The van der Waals surface area contributed by atoms with Crippen molar-refractivity contribution in [2.45, 2.75) is 6.42 Å². The molecule has 0 aliphatic rings. The number of aromatic nitrogens is 1. The molecule has 0 aromatic carbocycles. The fraction of sp³-hybridized carbons (Fsp3) is 0.400. The summed E-state index contributed by atoms with van der Waals surface area (Å²) in [5, 5.41) is 2.85. The second-order valence-corrected chi connectivity index (χ2v) is 4.68. The van der Waals surface area contributed by atoms with Crippen LogP contribution >= 0.6 is 27.7 Å². The first-order valence-corrected chi connectivity index (χ1v) is 6.82. The van der Waals surface area contributed by atoms with E-state index in [1.165, 1.54) is 0 Å². The summed E-state index contributed by atoms with van der Waals surface area (Å²) in [5.74, 6) is 0.991. The summed E-state index contributed by atoms with van der Waals surface area (Å²) in [6.07, 6.45) is 4.69. The van der Waals surface area contributed by atoms with Crippen molar-refractivity contribution in [1.29, 1.82) is 0 Å². The van der Waals surface area contributed by atoms with Gasteiger partial charge in [0.2, 0.25) is 0 Å². The van der Waals surface area contributed by atoms with Crippen LogP contribution < -0.4 is 5.32 Å². The zero-order valence-corrected chi connectivity index (χ0v) is 10.9. The maximum absolute atomic E-state index is 11.6. The van der Waals surface area contributed by atoms with Crippen molar-refractivity contribution in [3.8, 4) is 0 Å². The van der Waals surface area contributed by atoms with Gasteiger partial charge < -0.3 is 5.32 Å². The number of carbonyl (C=O) groups excluding carboxylic acids is 1. The van der Waals surface area contributed by atoms with E-state index in [9.17, 15) is 4.79 Å². The van der Waals surface area contributed by atoms with Crippen molar-refractivity contribution in [2.24, 2.45) is 0 Å². The van der Waals surface area contributed by atoms with E-state index in [0.717, 1.165) is 12.2 Å². The molecule has 0 saturated carbocycles. The fourth-order valence-electron chi connectivity index (χ4n) is 1.07. The molecule has 1 aromatic heterocycles. The molecule has 0 spiro atoms. The van der Waals surface area contributed by atoms with E-state index < -0.39 is 0 Å². The number of hydrogen-bond acceptors (Lipinski definition) is 3. The topological polar surface area (TPSA) is 42.0 Å². The van der Waals surface area contributed by atoms with E-state index in [1.54, 1.807) is 30.1 Å². The van der Waals surface area contributed by atoms with Crippen molar-refractivity contribution >= 4 is 33.6 Å². The summed E-state index contributed by atoms with van der Waals surface area (Å²) < 4.78 is 0.590. The van der Waals surface area contributed by atoms with Gasteiger partial charge in [-0.05, 0) is 46.5 Å². The Bertz CT molecular complexity index is 333. The van der Waals surface area contributed by atoms with Gasteiger partial charge in [0.1, 0.15) is 4.60 Å². The molecule has 3 nitrogen and oxygen atoms in total. The maximum atomic E-state index is 11.6. The van der Waals surface area contributed by atoms with Gasteiger partial charge in [0, 0.05) is 12.7 Å². The molecule has 0 unspecified atom stereocenters. The lowest BCUT2D eigenvalue weighted by molar-refractivity contribution is 0.0952. The molecule has 5 heteroatoms. The second kappa shape index (κ2) is 6.85. The van der Waals surface area contributed by atoms with Crippen molar-refractivity contribution < 1.29 is 4.79 Å². The first-order valence-electron chi connectivity index (χ1n) is 4.63. The number of carbonyl (C=O) groups is 1. The van der Waals surface area contributed by atoms with Gasteiger partial charge in [-0.3, -0.25) is 4.79 Å². The van der Waals surface area contributed by atoms with E-state index in [4.69, 9.17) is 0 Å². The van der Waals surface area contributed by atoms with E-state index in [-0.39, 0.29) is 5.91 Å². The quantitative estimate of drug-likeness (QED) is 0.668. The number of nitrogens with zero attached hydrogens (tertiary/aromatic N) is 1. The first kappa shape index (κ1) is 12.5.